The van der Waals surface area contributed by atoms with E-state index in [2.05, 4.69) is 103 Å². The van der Waals surface area contributed by atoms with Crippen LogP contribution in [0.4, 0.5) is 5.69 Å². The molecular weight excluding hydrogens is 625 g/mol. The first-order chi connectivity index (χ1) is 24.9. The van der Waals surface area contributed by atoms with Crippen molar-refractivity contribution in [1.82, 2.24) is 4.57 Å². The van der Waals surface area contributed by atoms with Gasteiger partial charge in [-0.1, -0.05) is 151 Å². The predicted molar refractivity (Wildman–Crippen MR) is 211 cm³/mol. The Morgan fingerprint density at radius 2 is 1.06 bits per heavy atom. The number of carbonyl (C=O) groups excluding carboxylic acids is 2. The molecule has 8 aromatic rings. The summed E-state index contributed by atoms with van der Waals surface area (Å²) in [7, 11) is 0. The molecule has 0 aliphatic heterocycles. The van der Waals surface area contributed by atoms with Crippen LogP contribution in [-0.2, 0) is 4.79 Å². The fraction of sp³-hybridized carbons (Fsp3) is 0.0638. The van der Waals surface area contributed by atoms with Gasteiger partial charge in [0.25, 0.3) is 5.91 Å². The molecule has 0 unspecified atom stereocenters. The molecule has 0 saturated heterocycles. The van der Waals surface area contributed by atoms with E-state index in [-0.39, 0.29) is 5.91 Å². The molecule has 4 nitrogen and oxygen atoms in total. The number of amides is 2. The lowest BCUT2D eigenvalue weighted by molar-refractivity contribution is -0.106. The van der Waals surface area contributed by atoms with Crippen molar-refractivity contribution in [2.24, 2.45) is 0 Å². The van der Waals surface area contributed by atoms with E-state index in [9.17, 15) is 9.59 Å². The summed E-state index contributed by atoms with van der Waals surface area (Å²) in [6.07, 6.45) is 0.630. The Balaban J connectivity index is 1.43. The second kappa shape index (κ2) is 13.1. The van der Waals surface area contributed by atoms with E-state index in [1.807, 2.05) is 79.7 Å². The molecule has 1 aromatic heterocycles. The van der Waals surface area contributed by atoms with Crippen LogP contribution in [0.2, 0.25) is 0 Å². The SMILES string of the molecule is Cc1cccc(-c2cccc3c4cccc(-c5cccc(C)c5)c4n(-c4cccc(C)c4C(=O)N(C=O)c4cccc(-c5ccccc5)c4)c23)c1. The maximum absolute atomic E-state index is 14.9. The molecule has 7 aromatic carbocycles. The highest BCUT2D eigenvalue weighted by atomic mass is 16.2. The van der Waals surface area contributed by atoms with Crippen LogP contribution in [0.5, 0.6) is 0 Å². The topological polar surface area (TPSA) is 42.3 Å². The van der Waals surface area contributed by atoms with Crippen LogP contribution in [-0.4, -0.2) is 16.9 Å². The Morgan fingerprint density at radius 1 is 0.529 bits per heavy atom. The first-order valence-electron chi connectivity index (χ1n) is 17.2. The fourth-order valence-corrected chi connectivity index (χ4v) is 7.38. The number of anilines is 1. The van der Waals surface area contributed by atoms with Gasteiger partial charge in [-0.25, -0.2) is 4.90 Å². The fourth-order valence-electron chi connectivity index (χ4n) is 7.38. The molecule has 8 rings (SSSR count). The molecule has 0 bridgehead atoms. The van der Waals surface area contributed by atoms with Gasteiger partial charge in [0, 0.05) is 21.9 Å². The lowest BCUT2D eigenvalue weighted by atomic mass is 9.99. The molecule has 246 valence electrons. The summed E-state index contributed by atoms with van der Waals surface area (Å²) >= 11 is 0. The molecule has 0 radical (unpaired) electrons. The van der Waals surface area contributed by atoms with Gasteiger partial charge in [-0.15, -0.1) is 0 Å². The maximum atomic E-state index is 14.9. The average Bonchev–Trinajstić information content (AvgIpc) is 3.50. The molecule has 0 aliphatic rings. The van der Waals surface area contributed by atoms with Crippen molar-refractivity contribution < 1.29 is 9.59 Å². The van der Waals surface area contributed by atoms with E-state index in [0.29, 0.717) is 23.3 Å². The molecule has 0 atom stereocenters. The number of carbonyl (C=O) groups is 2. The summed E-state index contributed by atoms with van der Waals surface area (Å²) in [6.45, 7) is 6.15. The largest absolute Gasteiger partial charge is 0.307 e. The van der Waals surface area contributed by atoms with Crippen molar-refractivity contribution in [1.29, 1.82) is 0 Å². The summed E-state index contributed by atoms with van der Waals surface area (Å²) < 4.78 is 2.25. The number of hydrogen-bond acceptors (Lipinski definition) is 2. The number of rotatable bonds is 7. The summed E-state index contributed by atoms with van der Waals surface area (Å²) in [5.74, 6) is -0.389. The van der Waals surface area contributed by atoms with Gasteiger partial charge in [-0.2, -0.15) is 0 Å². The summed E-state index contributed by atoms with van der Waals surface area (Å²) in [5, 5.41) is 2.17. The van der Waals surface area contributed by atoms with Crippen molar-refractivity contribution in [2.75, 3.05) is 4.90 Å². The summed E-state index contributed by atoms with van der Waals surface area (Å²) in [5.41, 5.74) is 13.0. The molecule has 2 amide bonds. The molecule has 0 spiro atoms. The van der Waals surface area contributed by atoms with Crippen molar-refractivity contribution in [2.45, 2.75) is 20.8 Å². The lowest BCUT2D eigenvalue weighted by Crippen LogP contribution is -2.31. The minimum atomic E-state index is -0.389. The van der Waals surface area contributed by atoms with Gasteiger partial charge in [0.2, 0.25) is 6.41 Å². The number of aryl methyl sites for hydroxylation is 3. The Bertz CT molecular complexity index is 2510. The highest BCUT2D eigenvalue weighted by Crippen LogP contribution is 2.43. The molecule has 51 heavy (non-hydrogen) atoms. The van der Waals surface area contributed by atoms with E-state index >= 15 is 0 Å². The van der Waals surface area contributed by atoms with Crippen LogP contribution in [0, 0.1) is 20.8 Å². The quantitative estimate of drug-likeness (QED) is 0.160. The molecular formula is C47H36N2O2. The van der Waals surface area contributed by atoms with Gasteiger partial charge < -0.3 is 4.57 Å². The minimum Gasteiger partial charge on any atom is -0.307 e. The zero-order valence-electron chi connectivity index (χ0n) is 28.8. The van der Waals surface area contributed by atoms with Gasteiger partial charge in [0.15, 0.2) is 0 Å². The van der Waals surface area contributed by atoms with Crippen molar-refractivity contribution >= 4 is 39.8 Å². The molecule has 1 heterocycles. The van der Waals surface area contributed by atoms with Crippen LogP contribution < -0.4 is 4.90 Å². The highest BCUT2D eigenvalue weighted by Gasteiger charge is 2.27. The van der Waals surface area contributed by atoms with E-state index in [0.717, 1.165) is 60.8 Å². The van der Waals surface area contributed by atoms with Crippen molar-refractivity contribution in [3.63, 3.8) is 0 Å². The van der Waals surface area contributed by atoms with Crippen molar-refractivity contribution in [3.05, 3.63) is 180 Å². The average molecular weight is 661 g/mol. The Hall–Kier alpha value is -6.52. The van der Waals surface area contributed by atoms with Gasteiger partial charge >= 0.3 is 0 Å². The Labute approximate surface area is 297 Å². The Morgan fingerprint density at radius 3 is 1.65 bits per heavy atom. The van der Waals surface area contributed by atoms with Crippen LogP contribution in [0.3, 0.4) is 0 Å². The lowest BCUT2D eigenvalue weighted by Gasteiger charge is -2.22. The first kappa shape index (κ1) is 31.7. The number of benzene rings is 7. The van der Waals surface area contributed by atoms with Crippen LogP contribution >= 0.6 is 0 Å². The van der Waals surface area contributed by atoms with Gasteiger partial charge in [0.05, 0.1) is 28.0 Å². The van der Waals surface area contributed by atoms with Crippen molar-refractivity contribution in [3.8, 4) is 39.1 Å². The molecule has 0 aliphatic carbocycles. The van der Waals surface area contributed by atoms with E-state index in [1.165, 1.54) is 16.0 Å². The van der Waals surface area contributed by atoms with Crippen LogP contribution in [0.25, 0.3) is 60.9 Å². The minimum absolute atomic E-state index is 0.389. The molecule has 0 N–H and O–H groups in total. The van der Waals surface area contributed by atoms with E-state index in [1.54, 1.807) is 0 Å². The number of aromatic nitrogens is 1. The first-order valence-corrected chi connectivity index (χ1v) is 17.2. The summed E-state index contributed by atoms with van der Waals surface area (Å²) in [6, 6.07) is 53.4. The normalized spacial score (nSPS) is 11.2. The zero-order chi connectivity index (χ0) is 35.1. The molecule has 4 heteroatoms. The van der Waals surface area contributed by atoms with Gasteiger partial charge in [-0.05, 0) is 66.8 Å². The zero-order valence-corrected chi connectivity index (χ0v) is 28.8. The smallest absolute Gasteiger partial charge is 0.267 e. The third-order valence-corrected chi connectivity index (χ3v) is 9.73. The predicted octanol–water partition coefficient (Wildman–Crippen LogP) is 11.5. The maximum Gasteiger partial charge on any atom is 0.267 e. The van der Waals surface area contributed by atoms with Crippen LogP contribution in [0.15, 0.2) is 158 Å². The monoisotopic (exact) mass is 660 g/mol. The molecule has 0 saturated carbocycles. The van der Waals surface area contributed by atoms with E-state index in [4.69, 9.17) is 0 Å². The summed E-state index contributed by atoms with van der Waals surface area (Å²) in [4.78, 5) is 29.1. The second-order valence-corrected chi connectivity index (χ2v) is 13.1. The van der Waals surface area contributed by atoms with Crippen LogP contribution in [0.1, 0.15) is 27.0 Å². The number of imide groups is 1. The molecule has 0 fully saturated rings. The third kappa shape index (κ3) is 5.61. The van der Waals surface area contributed by atoms with Gasteiger partial charge in [-0.3, -0.25) is 9.59 Å². The van der Waals surface area contributed by atoms with Gasteiger partial charge in [0.1, 0.15) is 0 Å². The number of para-hydroxylation sites is 2. The second-order valence-electron chi connectivity index (χ2n) is 13.1. The number of hydrogen-bond donors (Lipinski definition) is 0. The highest BCUT2D eigenvalue weighted by molar-refractivity contribution is 6.21. The van der Waals surface area contributed by atoms with E-state index < -0.39 is 0 Å². The Kier molecular flexibility index (Phi) is 8.13. The third-order valence-electron chi connectivity index (χ3n) is 9.73. The number of fused-ring (bicyclic) bond motifs is 3. The number of nitrogens with zero attached hydrogens (tertiary/aromatic N) is 2. The standard InChI is InChI=1S/C47H36N2O2/c1-31-13-7-19-36(27-31)39-22-11-24-41-42-25-12-23-40(37-20-8-14-32(2)28-37)46(42)49(45(39)41)43-26-9-15-33(3)44(43)47(51)48(30-50)38-21-10-18-35(29-38)34-16-5-4-6-17-34/h4-30H,1-3H3.